The van der Waals surface area contributed by atoms with Crippen LogP contribution in [0.3, 0.4) is 0 Å². The van der Waals surface area contributed by atoms with Crippen LogP contribution in [0.25, 0.3) is 10.9 Å². The maximum absolute atomic E-state index is 13.1. The molecule has 3 aromatic rings. The van der Waals surface area contributed by atoms with E-state index in [0.29, 0.717) is 17.0 Å². The van der Waals surface area contributed by atoms with Crippen LogP contribution in [0.5, 0.6) is 0 Å². The monoisotopic (exact) mass is 350 g/mol. The lowest BCUT2D eigenvalue weighted by Gasteiger charge is -2.12. The molecule has 4 rings (SSSR count). The third-order valence-electron chi connectivity index (χ3n) is 4.86. The average Bonchev–Trinajstić information content (AvgIpc) is 3.33. The average molecular weight is 350 g/mol. The highest BCUT2D eigenvalue weighted by molar-refractivity contribution is 7.90. The highest BCUT2D eigenvalue weighted by Gasteiger charge is 2.29. The van der Waals surface area contributed by atoms with E-state index in [1.807, 2.05) is 19.9 Å². The van der Waals surface area contributed by atoms with Gasteiger partial charge in [-0.3, -0.25) is 0 Å². The Morgan fingerprint density at radius 1 is 1.12 bits per heavy atom. The molecule has 1 fully saturated rings. The molecule has 4 nitrogen and oxygen atoms in total. The molecule has 1 heterocycles. The van der Waals surface area contributed by atoms with Gasteiger partial charge >= 0.3 is 0 Å². The first-order valence-corrected chi connectivity index (χ1v) is 9.74. The summed E-state index contributed by atoms with van der Waals surface area (Å²) in [7, 11) is -3.70. The Hall–Kier alpha value is -2.58. The van der Waals surface area contributed by atoms with Crippen molar-refractivity contribution < 1.29 is 8.42 Å². The Morgan fingerprint density at radius 2 is 1.80 bits per heavy atom. The molecule has 5 heteroatoms. The fraction of sp³-hybridized carbons (Fsp3) is 0.250. The third kappa shape index (κ3) is 2.45. The van der Waals surface area contributed by atoms with Crippen LogP contribution in [0.2, 0.25) is 0 Å². The molecule has 0 N–H and O–H groups in total. The topological polar surface area (TPSA) is 62.9 Å². The van der Waals surface area contributed by atoms with Gasteiger partial charge in [0.05, 0.1) is 16.0 Å². The minimum atomic E-state index is -3.70. The molecule has 25 heavy (non-hydrogen) atoms. The standard InChI is InChI=1S/C20H18N2O2S/c1-13-3-7-16(8-4-13)25(23,24)22-10-9-17-19(12-21)18(15-5-6-15)11-14(2)20(17)22/h3-4,7-11,15H,5-6H2,1-2H3. The zero-order chi connectivity index (χ0) is 17.8. The van der Waals surface area contributed by atoms with Crippen molar-refractivity contribution in [2.24, 2.45) is 0 Å². The lowest BCUT2D eigenvalue weighted by Crippen LogP contribution is -2.12. The largest absolute Gasteiger partial charge is 0.268 e. The molecule has 1 aromatic heterocycles. The summed E-state index contributed by atoms with van der Waals surface area (Å²) in [5.74, 6) is 0.440. The maximum atomic E-state index is 13.1. The molecular formula is C20H18N2O2S. The Bertz CT molecular complexity index is 1130. The molecule has 0 aliphatic heterocycles. The Labute approximate surface area is 147 Å². The minimum absolute atomic E-state index is 0.250. The van der Waals surface area contributed by atoms with Gasteiger partial charge in [-0.2, -0.15) is 5.26 Å². The van der Waals surface area contributed by atoms with Gasteiger partial charge < -0.3 is 0 Å². The molecule has 126 valence electrons. The number of nitrogens with zero attached hydrogens (tertiary/aromatic N) is 2. The van der Waals surface area contributed by atoms with Crippen LogP contribution in [0, 0.1) is 25.2 Å². The van der Waals surface area contributed by atoms with Crippen LogP contribution in [0.4, 0.5) is 0 Å². The highest BCUT2D eigenvalue weighted by Crippen LogP contribution is 2.44. The minimum Gasteiger partial charge on any atom is -0.241 e. The summed E-state index contributed by atoms with van der Waals surface area (Å²) in [5, 5.41) is 10.4. The second-order valence-corrected chi connectivity index (χ2v) is 8.55. The second-order valence-electron chi connectivity index (χ2n) is 6.74. The van der Waals surface area contributed by atoms with Crippen molar-refractivity contribution in [1.82, 2.24) is 3.97 Å². The number of aryl methyl sites for hydroxylation is 2. The third-order valence-corrected chi connectivity index (χ3v) is 6.55. The van der Waals surface area contributed by atoms with Crippen LogP contribution in [0.15, 0.2) is 47.5 Å². The summed E-state index contributed by atoms with van der Waals surface area (Å²) in [5.41, 5.74) is 4.16. The smallest absolute Gasteiger partial charge is 0.241 e. The molecule has 1 saturated carbocycles. The molecule has 0 amide bonds. The fourth-order valence-electron chi connectivity index (χ4n) is 3.40. The maximum Gasteiger partial charge on any atom is 0.268 e. The van der Waals surface area contributed by atoms with Gasteiger partial charge in [-0.25, -0.2) is 12.4 Å². The summed E-state index contributed by atoms with van der Waals surface area (Å²) in [6, 6.07) is 12.8. The van der Waals surface area contributed by atoms with Crippen molar-refractivity contribution >= 4 is 20.9 Å². The molecule has 1 aliphatic carbocycles. The number of hydrogen-bond donors (Lipinski definition) is 0. The highest BCUT2D eigenvalue weighted by atomic mass is 32.2. The molecular weight excluding hydrogens is 332 g/mol. The van der Waals surface area contributed by atoms with E-state index < -0.39 is 10.0 Å². The van der Waals surface area contributed by atoms with E-state index >= 15 is 0 Å². The Balaban J connectivity index is 1.98. The van der Waals surface area contributed by atoms with Crippen molar-refractivity contribution in [3.63, 3.8) is 0 Å². The summed E-state index contributed by atoms with van der Waals surface area (Å²) < 4.78 is 27.5. The zero-order valence-corrected chi connectivity index (χ0v) is 15.0. The number of hydrogen-bond acceptors (Lipinski definition) is 3. The summed E-state index contributed by atoms with van der Waals surface area (Å²) in [4.78, 5) is 0.250. The molecule has 0 unspecified atom stereocenters. The number of nitriles is 1. The van der Waals surface area contributed by atoms with Crippen molar-refractivity contribution in [3.8, 4) is 6.07 Å². The first-order valence-electron chi connectivity index (χ1n) is 8.30. The van der Waals surface area contributed by atoms with E-state index in [1.165, 1.54) is 3.97 Å². The van der Waals surface area contributed by atoms with Gasteiger partial charge in [0.15, 0.2) is 0 Å². The van der Waals surface area contributed by atoms with Crippen molar-refractivity contribution in [3.05, 3.63) is 64.8 Å². The van der Waals surface area contributed by atoms with Gasteiger partial charge in [0.2, 0.25) is 0 Å². The van der Waals surface area contributed by atoms with Crippen LogP contribution in [-0.2, 0) is 10.0 Å². The van der Waals surface area contributed by atoms with Gasteiger partial charge in [-0.15, -0.1) is 0 Å². The molecule has 0 saturated heterocycles. The van der Waals surface area contributed by atoms with Gasteiger partial charge in [0.25, 0.3) is 10.0 Å². The lowest BCUT2D eigenvalue weighted by molar-refractivity contribution is 0.589. The summed E-state index contributed by atoms with van der Waals surface area (Å²) in [6.07, 6.45) is 3.76. The lowest BCUT2D eigenvalue weighted by atomic mass is 9.97. The predicted molar refractivity (Wildman–Crippen MR) is 97.1 cm³/mol. The Morgan fingerprint density at radius 3 is 2.40 bits per heavy atom. The van der Waals surface area contributed by atoms with Gasteiger partial charge in [0.1, 0.15) is 6.07 Å². The van der Waals surface area contributed by atoms with Crippen molar-refractivity contribution in [2.75, 3.05) is 0 Å². The van der Waals surface area contributed by atoms with E-state index in [9.17, 15) is 13.7 Å². The van der Waals surface area contributed by atoms with Crippen molar-refractivity contribution in [1.29, 1.82) is 5.26 Å². The zero-order valence-electron chi connectivity index (χ0n) is 14.2. The van der Waals surface area contributed by atoms with Gasteiger partial charge in [-0.1, -0.05) is 23.8 Å². The van der Waals surface area contributed by atoms with E-state index in [4.69, 9.17) is 0 Å². The number of rotatable bonds is 3. The second kappa shape index (κ2) is 5.47. The molecule has 0 radical (unpaired) electrons. The SMILES string of the molecule is Cc1ccc(S(=O)(=O)n2ccc3c(C#N)c(C4CC4)cc(C)c32)cc1. The van der Waals surface area contributed by atoms with Crippen molar-refractivity contribution in [2.45, 2.75) is 37.5 Å². The number of fused-ring (bicyclic) bond motifs is 1. The van der Waals surface area contributed by atoms with Crippen LogP contribution < -0.4 is 0 Å². The first-order chi connectivity index (χ1) is 11.9. The molecule has 2 aromatic carbocycles. The van der Waals surface area contributed by atoms with Crippen LogP contribution in [0.1, 0.15) is 41.0 Å². The Kier molecular flexibility index (Phi) is 3.48. The van der Waals surface area contributed by atoms with Gasteiger partial charge in [0, 0.05) is 11.6 Å². The summed E-state index contributed by atoms with van der Waals surface area (Å²) >= 11 is 0. The quantitative estimate of drug-likeness (QED) is 0.709. The van der Waals surface area contributed by atoms with E-state index in [0.717, 1.165) is 34.9 Å². The first kappa shape index (κ1) is 15.9. The van der Waals surface area contributed by atoms with E-state index in [-0.39, 0.29) is 4.90 Å². The predicted octanol–water partition coefficient (Wildman–Crippen LogP) is 4.24. The molecule has 0 bridgehead atoms. The van der Waals surface area contributed by atoms with Gasteiger partial charge in [-0.05, 0) is 61.9 Å². The summed E-state index contributed by atoms with van der Waals surface area (Å²) in [6.45, 7) is 3.83. The van der Waals surface area contributed by atoms with E-state index in [1.54, 1.807) is 36.5 Å². The van der Waals surface area contributed by atoms with Crippen LogP contribution in [-0.4, -0.2) is 12.4 Å². The molecule has 0 atom stereocenters. The fourth-order valence-corrected chi connectivity index (χ4v) is 4.81. The van der Waals surface area contributed by atoms with Crippen LogP contribution >= 0.6 is 0 Å². The van der Waals surface area contributed by atoms with E-state index in [2.05, 4.69) is 6.07 Å². The normalized spacial score (nSPS) is 14.6. The molecule has 0 spiro atoms. The number of aromatic nitrogens is 1. The number of benzene rings is 2. The molecule has 1 aliphatic rings.